The molecule has 0 bridgehead atoms. The van der Waals surface area contributed by atoms with Gasteiger partial charge >= 0.3 is 5.97 Å². The Morgan fingerprint density at radius 3 is 3.00 bits per heavy atom. The third-order valence-corrected chi connectivity index (χ3v) is 3.81. The summed E-state index contributed by atoms with van der Waals surface area (Å²) in [6.45, 7) is 2.49. The number of rotatable bonds is 1. The summed E-state index contributed by atoms with van der Waals surface area (Å²) in [6.07, 6.45) is 2.40. The monoisotopic (exact) mass is 245 g/mol. The van der Waals surface area contributed by atoms with Gasteiger partial charge in [0.15, 0.2) is 5.90 Å². The van der Waals surface area contributed by atoms with E-state index in [9.17, 15) is 9.90 Å². The minimum Gasteiger partial charge on any atom is -0.479 e. The Morgan fingerprint density at radius 2 is 2.33 bits per heavy atom. The number of benzene rings is 1. The van der Waals surface area contributed by atoms with Gasteiger partial charge in [-0.05, 0) is 30.0 Å². The first-order valence-electron chi connectivity index (χ1n) is 6.13. The van der Waals surface area contributed by atoms with Crippen molar-refractivity contribution in [2.24, 2.45) is 4.99 Å². The van der Waals surface area contributed by atoms with Gasteiger partial charge in [-0.15, -0.1) is 0 Å². The lowest BCUT2D eigenvalue weighted by molar-refractivity contribution is 0.0695. The topological polar surface area (TPSA) is 58.9 Å². The van der Waals surface area contributed by atoms with E-state index >= 15 is 0 Å². The molecule has 0 fully saturated rings. The van der Waals surface area contributed by atoms with Crippen molar-refractivity contribution in [2.75, 3.05) is 6.61 Å². The number of aromatic carboxylic acids is 1. The van der Waals surface area contributed by atoms with Crippen LogP contribution in [-0.2, 0) is 17.6 Å². The van der Waals surface area contributed by atoms with E-state index in [4.69, 9.17) is 4.74 Å². The molecule has 0 radical (unpaired) electrons. The summed E-state index contributed by atoms with van der Waals surface area (Å²) in [6, 6.07) is 5.50. The van der Waals surface area contributed by atoms with E-state index in [0.717, 1.165) is 36.3 Å². The van der Waals surface area contributed by atoms with Crippen LogP contribution < -0.4 is 0 Å². The first kappa shape index (κ1) is 11.3. The van der Waals surface area contributed by atoms with E-state index in [1.807, 2.05) is 19.1 Å². The number of hydrogen-bond acceptors (Lipinski definition) is 3. The molecule has 1 unspecified atom stereocenters. The van der Waals surface area contributed by atoms with Crippen molar-refractivity contribution in [1.29, 1.82) is 0 Å². The zero-order chi connectivity index (χ0) is 12.8. The molecule has 1 aromatic rings. The van der Waals surface area contributed by atoms with Crippen LogP contribution in [-0.4, -0.2) is 29.1 Å². The van der Waals surface area contributed by atoms with Gasteiger partial charge in [-0.25, -0.2) is 9.79 Å². The Morgan fingerprint density at radius 1 is 1.50 bits per heavy atom. The average Bonchev–Trinajstić information content (AvgIpc) is 2.69. The highest BCUT2D eigenvalue weighted by Gasteiger charge is 2.39. The number of carbonyl (C=O) groups is 1. The maximum absolute atomic E-state index is 11.2. The lowest BCUT2D eigenvalue weighted by Crippen LogP contribution is -2.36. The van der Waals surface area contributed by atoms with Crippen LogP contribution in [0.4, 0.5) is 0 Å². The highest BCUT2D eigenvalue weighted by Crippen LogP contribution is 2.36. The van der Waals surface area contributed by atoms with Crippen molar-refractivity contribution in [3.05, 3.63) is 34.9 Å². The van der Waals surface area contributed by atoms with E-state index in [0.29, 0.717) is 12.2 Å². The summed E-state index contributed by atoms with van der Waals surface area (Å²) < 4.78 is 5.47. The van der Waals surface area contributed by atoms with E-state index in [1.165, 1.54) is 0 Å². The molecule has 1 aromatic carbocycles. The molecular formula is C14H15NO3. The Labute approximate surface area is 105 Å². The van der Waals surface area contributed by atoms with Crippen LogP contribution >= 0.6 is 0 Å². The summed E-state index contributed by atoms with van der Waals surface area (Å²) in [7, 11) is 0. The van der Waals surface area contributed by atoms with Gasteiger partial charge in [0.05, 0.1) is 5.56 Å². The lowest BCUT2D eigenvalue weighted by atomic mass is 9.77. The summed E-state index contributed by atoms with van der Waals surface area (Å²) in [5, 5.41) is 9.19. The summed E-state index contributed by atoms with van der Waals surface area (Å²) >= 11 is 0. The third-order valence-electron chi connectivity index (χ3n) is 3.81. The Hall–Kier alpha value is -1.84. The maximum atomic E-state index is 11.2. The first-order chi connectivity index (χ1) is 8.60. The first-order valence-corrected chi connectivity index (χ1v) is 6.13. The molecule has 1 aliphatic heterocycles. The molecule has 1 heterocycles. The maximum Gasteiger partial charge on any atom is 0.335 e. The van der Waals surface area contributed by atoms with Gasteiger partial charge < -0.3 is 9.84 Å². The van der Waals surface area contributed by atoms with Crippen molar-refractivity contribution in [2.45, 2.75) is 31.7 Å². The molecule has 4 heteroatoms. The Balaban J connectivity index is 2.00. The molecule has 0 saturated heterocycles. The van der Waals surface area contributed by atoms with Crippen LogP contribution in [0.15, 0.2) is 23.2 Å². The number of carboxylic acid groups (broad SMARTS) is 1. The molecule has 0 saturated carbocycles. The summed E-state index contributed by atoms with van der Waals surface area (Å²) in [5.41, 5.74) is 2.34. The standard InChI is InChI=1S/C14H15NO3/c1-9-15-14(8-18-9)6-5-11-10(7-14)3-2-4-12(11)13(16)17/h2-4H,5-8H2,1H3,(H,16,17). The molecule has 94 valence electrons. The van der Waals surface area contributed by atoms with E-state index in [1.54, 1.807) is 6.07 Å². The summed E-state index contributed by atoms with van der Waals surface area (Å²) in [4.78, 5) is 15.8. The molecule has 1 aliphatic carbocycles. The number of nitrogens with zero attached hydrogens (tertiary/aromatic N) is 1. The molecule has 0 amide bonds. The Bertz CT molecular complexity index is 550. The highest BCUT2D eigenvalue weighted by molar-refractivity contribution is 5.90. The number of ether oxygens (including phenoxy) is 1. The predicted molar refractivity (Wildman–Crippen MR) is 67.2 cm³/mol. The Kier molecular flexibility index (Phi) is 2.40. The summed E-state index contributed by atoms with van der Waals surface area (Å²) in [5.74, 6) is -0.0991. The van der Waals surface area contributed by atoms with Crippen LogP contribution in [0.2, 0.25) is 0 Å². The van der Waals surface area contributed by atoms with Crippen LogP contribution in [0.1, 0.15) is 34.8 Å². The van der Waals surface area contributed by atoms with Gasteiger partial charge in [0, 0.05) is 13.3 Å². The minimum absolute atomic E-state index is 0.159. The van der Waals surface area contributed by atoms with E-state index in [2.05, 4.69) is 4.99 Å². The number of fused-ring (bicyclic) bond motifs is 1. The second kappa shape index (κ2) is 3.83. The van der Waals surface area contributed by atoms with E-state index < -0.39 is 5.97 Å². The lowest BCUT2D eigenvalue weighted by Gasteiger charge is -2.31. The molecule has 4 nitrogen and oxygen atoms in total. The smallest absolute Gasteiger partial charge is 0.335 e. The molecule has 3 rings (SSSR count). The van der Waals surface area contributed by atoms with Crippen LogP contribution in [0, 0.1) is 0 Å². The van der Waals surface area contributed by atoms with Crippen LogP contribution in [0.5, 0.6) is 0 Å². The normalized spacial score (nSPS) is 25.5. The molecular weight excluding hydrogens is 230 g/mol. The number of carboxylic acids is 1. The van der Waals surface area contributed by atoms with Gasteiger partial charge in [0.25, 0.3) is 0 Å². The predicted octanol–water partition coefficient (Wildman–Crippen LogP) is 2.06. The van der Waals surface area contributed by atoms with Crippen LogP contribution in [0.25, 0.3) is 0 Å². The second-order valence-corrected chi connectivity index (χ2v) is 5.07. The molecule has 1 spiro atoms. The fraction of sp³-hybridized carbons (Fsp3) is 0.429. The molecule has 18 heavy (non-hydrogen) atoms. The van der Waals surface area contributed by atoms with Gasteiger partial charge in [0.2, 0.25) is 0 Å². The van der Waals surface area contributed by atoms with Gasteiger partial charge in [-0.1, -0.05) is 12.1 Å². The zero-order valence-electron chi connectivity index (χ0n) is 10.3. The number of aliphatic imine (C=N–C) groups is 1. The van der Waals surface area contributed by atoms with E-state index in [-0.39, 0.29) is 5.54 Å². The molecule has 1 N–H and O–H groups in total. The number of hydrogen-bond donors (Lipinski definition) is 1. The van der Waals surface area contributed by atoms with Crippen molar-refractivity contribution in [3.63, 3.8) is 0 Å². The molecule has 2 aliphatic rings. The minimum atomic E-state index is -0.842. The van der Waals surface area contributed by atoms with Crippen molar-refractivity contribution in [3.8, 4) is 0 Å². The third kappa shape index (κ3) is 1.68. The molecule has 0 aromatic heterocycles. The SMILES string of the molecule is CC1=NC2(CCc3c(cccc3C(=O)O)C2)CO1. The van der Waals surface area contributed by atoms with Crippen molar-refractivity contribution >= 4 is 11.9 Å². The fourth-order valence-electron chi connectivity index (χ4n) is 2.95. The largest absolute Gasteiger partial charge is 0.479 e. The fourth-order valence-corrected chi connectivity index (χ4v) is 2.95. The van der Waals surface area contributed by atoms with Crippen molar-refractivity contribution < 1.29 is 14.6 Å². The zero-order valence-corrected chi connectivity index (χ0v) is 10.3. The highest BCUT2D eigenvalue weighted by atomic mass is 16.5. The quantitative estimate of drug-likeness (QED) is 0.823. The molecule has 1 atom stereocenters. The van der Waals surface area contributed by atoms with Crippen molar-refractivity contribution in [1.82, 2.24) is 0 Å². The van der Waals surface area contributed by atoms with Crippen LogP contribution in [0.3, 0.4) is 0 Å². The van der Waals surface area contributed by atoms with Gasteiger partial charge in [-0.2, -0.15) is 0 Å². The second-order valence-electron chi connectivity index (χ2n) is 5.07. The van der Waals surface area contributed by atoms with Gasteiger partial charge in [0.1, 0.15) is 12.1 Å². The van der Waals surface area contributed by atoms with Gasteiger partial charge in [-0.3, -0.25) is 0 Å². The average molecular weight is 245 g/mol.